The highest BCUT2D eigenvalue weighted by molar-refractivity contribution is 6.05. The number of halogens is 5. The fraction of sp³-hybridized carbons (Fsp3) is 0.133. The Labute approximate surface area is 127 Å². The van der Waals surface area contributed by atoms with Crippen LogP contribution >= 0.6 is 0 Å². The molecule has 0 fully saturated rings. The first-order valence-corrected chi connectivity index (χ1v) is 6.30. The van der Waals surface area contributed by atoms with Gasteiger partial charge in [0.25, 0.3) is 5.91 Å². The number of hydrogen-bond donors (Lipinski definition) is 1. The number of rotatable bonds is 4. The van der Waals surface area contributed by atoms with Crippen LogP contribution in [0.3, 0.4) is 0 Å². The number of hydrogen-bond acceptors (Lipinski definition) is 2. The summed E-state index contributed by atoms with van der Waals surface area (Å²) in [6.07, 6.45) is -4.54. The van der Waals surface area contributed by atoms with Gasteiger partial charge in [0, 0.05) is 11.6 Å². The van der Waals surface area contributed by atoms with Crippen molar-refractivity contribution >= 4 is 11.6 Å². The van der Waals surface area contributed by atoms with Gasteiger partial charge in [-0.1, -0.05) is 12.1 Å². The van der Waals surface area contributed by atoms with Gasteiger partial charge in [0.05, 0.1) is 5.69 Å². The molecule has 0 heterocycles. The van der Waals surface area contributed by atoms with Crippen molar-refractivity contribution in [2.24, 2.45) is 0 Å². The van der Waals surface area contributed by atoms with Crippen LogP contribution in [-0.4, -0.2) is 18.7 Å². The van der Waals surface area contributed by atoms with Crippen molar-refractivity contribution in [3.63, 3.8) is 0 Å². The average Bonchev–Trinajstić information content (AvgIpc) is 2.44. The highest BCUT2D eigenvalue weighted by atomic mass is 19.4. The predicted octanol–water partition coefficient (Wildman–Crippen LogP) is 4.16. The minimum absolute atomic E-state index is 0.0496. The molecule has 0 aromatic heterocycles. The van der Waals surface area contributed by atoms with Crippen molar-refractivity contribution < 1.29 is 31.5 Å². The lowest BCUT2D eigenvalue weighted by molar-refractivity contribution is -0.153. The second kappa shape index (κ2) is 6.64. The summed E-state index contributed by atoms with van der Waals surface area (Å²) in [5, 5.41) is 2.25. The number of carbonyl (C=O) groups is 1. The number of amides is 1. The van der Waals surface area contributed by atoms with Gasteiger partial charge in [0.1, 0.15) is 17.4 Å². The summed E-state index contributed by atoms with van der Waals surface area (Å²) in [6, 6.07) is 7.62. The van der Waals surface area contributed by atoms with Crippen molar-refractivity contribution in [3.05, 3.63) is 59.7 Å². The Balaban J connectivity index is 2.17. The highest BCUT2D eigenvalue weighted by Gasteiger charge is 2.28. The Bertz CT molecular complexity index is 695. The van der Waals surface area contributed by atoms with Gasteiger partial charge < -0.3 is 10.1 Å². The molecule has 2 aromatic rings. The van der Waals surface area contributed by atoms with E-state index in [1.165, 1.54) is 24.3 Å². The molecule has 1 N–H and O–H groups in total. The fourth-order valence-corrected chi connectivity index (χ4v) is 1.73. The quantitative estimate of drug-likeness (QED) is 0.855. The molecular formula is C15H10F5NO2. The van der Waals surface area contributed by atoms with Crippen LogP contribution < -0.4 is 10.1 Å². The van der Waals surface area contributed by atoms with Crippen molar-refractivity contribution in [2.45, 2.75) is 6.18 Å². The van der Waals surface area contributed by atoms with Crippen LogP contribution in [0, 0.1) is 11.6 Å². The third kappa shape index (κ3) is 4.94. The Kier molecular flexibility index (Phi) is 4.83. The second-order valence-corrected chi connectivity index (χ2v) is 4.51. The molecule has 0 aliphatic rings. The number of nitrogens with one attached hydrogen (secondary N) is 1. The van der Waals surface area contributed by atoms with E-state index in [2.05, 4.69) is 10.1 Å². The van der Waals surface area contributed by atoms with Gasteiger partial charge in [-0.3, -0.25) is 4.79 Å². The van der Waals surface area contributed by atoms with Gasteiger partial charge in [0.15, 0.2) is 6.61 Å². The topological polar surface area (TPSA) is 38.3 Å². The maximum absolute atomic E-state index is 13.1. The first kappa shape index (κ1) is 16.7. The van der Waals surface area contributed by atoms with Gasteiger partial charge in [-0.2, -0.15) is 13.2 Å². The molecule has 0 spiro atoms. The fourth-order valence-electron chi connectivity index (χ4n) is 1.73. The van der Waals surface area contributed by atoms with E-state index in [0.29, 0.717) is 6.07 Å². The van der Waals surface area contributed by atoms with Gasteiger partial charge in [-0.25, -0.2) is 8.78 Å². The van der Waals surface area contributed by atoms with E-state index in [1.807, 2.05) is 0 Å². The SMILES string of the molecule is O=C(Nc1ccccc1OCC(F)(F)F)c1cc(F)cc(F)c1. The first-order valence-electron chi connectivity index (χ1n) is 6.30. The zero-order valence-electron chi connectivity index (χ0n) is 11.5. The van der Waals surface area contributed by atoms with Crippen molar-refractivity contribution in [1.29, 1.82) is 0 Å². The summed E-state index contributed by atoms with van der Waals surface area (Å²) in [4.78, 5) is 11.9. The van der Waals surface area contributed by atoms with Crippen molar-refractivity contribution in [3.8, 4) is 5.75 Å². The Morgan fingerprint density at radius 3 is 2.26 bits per heavy atom. The van der Waals surface area contributed by atoms with Crippen LogP contribution in [0.5, 0.6) is 5.75 Å². The highest BCUT2D eigenvalue weighted by Crippen LogP contribution is 2.26. The normalized spacial score (nSPS) is 11.2. The summed E-state index contributed by atoms with van der Waals surface area (Å²) in [6.45, 7) is -1.53. The number of para-hydroxylation sites is 2. The van der Waals surface area contributed by atoms with Crippen LogP contribution in [0.1, 0.15) is 10.4 Å². The summed E-state index contributed by atoms with van der Waals surface area (Å²) in [5.41, 5.74) is -0.362. The molecule has 122 valence electrons. The van der Waals surface area contributed by atoms with E-state index in [-0.39, 0.29) is 17.0 Å². The Morgan fingerprint density at radius 1 is 1.04 bits per heavy atom. The second-order valence-electron chi connectivity index (χ2n) is 4.51. The number of ether oxygens (including phenoxy) is 1. The maximum atomic E-state index is 13.1. The summed E-state index contributed by atoms with van der Waals surface area (Å²) in [7, 11) is 0. The molecule has 8 heteroatoms. The number of benzene rings is 2. The average molecular weight is 331 g/mol. The smallest absolute Gasteiger partial charge is 0.422 e. The van der Waals surface area contributed by atoms with E-state index < -0.39 is 30.3 Å². The lowest BCUT2D eigenvalue weighted by Crippen LogP contribution is -2.20. The van der Waals surface area contributed by atoms with E-state index in [9.17, 15) is 26.7 Å². The van der Waals surface area contributed by atoms with Gasteiger partial charge >= 0.3 is 6.18 Å². The predicted molar refractivity (Wildman–Crippen MR) is 72.3 cm³/mol. The molecule has 0 aliphatic heterocycles. The summed E-state index contributed by atoms with van der Waals surface area (Å²) >= 11 is 0. The molecule has 0 atom stereocenters. The standard InChI is InChI=1S/C15H10F5NO2/c16-10-5-9(6-11(17)7-10)14(22)21-12-3-1-2-4-13(12)23-8-15(18,19)20/h1-7H,8H2,(H,21,22). The van der Waals surface area contributed by atoms with E-state index in [1.54, 1.807) is 0 Å². The van der Waals surface area contributed by atoms with E-state index in [4.69, 9.17) is 0 Å². The largest absolute Gasteiger partial charge is 0.482 e. The van der Waals surface area contributed by atoms with Gasteiger partial charge in [0.2, 0.25) is 0 Å². The molecule has 0 aliphatic carbocycles. The monoisotopic (exact) mass is 331 g/mol. The number of anilines is 1. The van der Waals surface area contributed by atoms with Crippen LogP contribution in [0.25, 0.3) is 0 Å². The van der Waals surface area contributed by atoms with E-state index >= 15 is 0 Å². The van der Waals surface area contributed by atoms with Gasteiger partial charge in [-0.15, -0.1) is 0 Å². The van der Waals surface area contributed by atoms with Crippen LogP contribution in [0.4, 0.5) is 27.6 Å². The van der Waals surface area contributed by atoms with Crippen molar-refractivity contribution in [2.75, 3.05) is 11.9 Å². The number of carbonyl (C=O) groups excluding carboxylic acids is 1. The molecule has 0 saturated heterocycles. The molecule has 2 rings (SSSR count). The van der Waals surface area contributed by atoms with E-state index in [0.717, 1.165) is 12.1 Å². The molecule has 0 unspecified atom stereocenters. The number of alkyl halides is 3. The van der Waals surface area contributed by atoms with Crippen LogP contribution in [0.2, 0.25) is 0 Å². The lowest BCUT2D eigenvalue weighted by atomic mass is 10.2. The molecule has 0 saturated carbocycles. The third-order valence-corrected chi connectivity index (χ3v) is 2.65. The minimum atomic E-state index is -4.54. The first-order chi connectivity index (χ1) is 10.7. The lowest BCUT2D eigenvalue weighted by Gasteiger charge is -2.13. The van der Waals surface area contributed by atoms with Crippen LogP contribution in [0.15, 0.2) is 42.5 Å². The van der Waals surface area contributed by atoms with Gasteiger partial charge in [-0.05, 0) is 24.3 Å². The minimum Gasteiger partial charge on any atom is -0.482 e. The zero-order chi connectivity index (χ0) is 17.0. The summed E-state index contributed by atoms with van der Waals surface area (Å²) in [5.74, 6) is -2.99. The Morgan fingerprint density at radius 2 is 1.65 bits per heavy atom. The molecule has 23 heavy (non-hydrogen) atoms. The molecule has 0 bridgehead atoms. The molecular weight excluding hydrogens is 321 g/mol. The molecule has 3 nitrogen and oxygen atoms in total. The zero-order valence-corrected chi connectivity index (χ0v) is 11.5. The molecule has 0 radical (unpaired) electrons. The maximum Gasteiger partial charge on any atom is 0.422 e. The van der Waals surface area contributed by atoms with Crippen molar-refractivity contribution in [1.82, 2.24) is 0 Å². The Hall–Kier alpha value is -2.64. The third-order valence-electron chi connectivity index (χ3n) is 2.65. The summed E-state index contributed by atoms with van der Waals surface area (Å²) < 4.78 is 67.4. The molecule has 1 amide bonds. The molecule has 2 aromatic carbocycles. The van der Waals surface area contributed by atoms with Crippen LogP contribution in [-0.2, 0) is 0 Å².